The Morgan fingerprint density at radius 3 is 2.56 bits per heavy atom. The molecule has 0 spiro atoms. The number of likely N-dealkylation sites (tertiary alicyclic amines) is 2. The van der Waals surface area contributed by atoms with E-state index in [1.165, 1.54) is 29.7 Å². The lowest BCUT2D eigenvalue weighted by atomic mass is 9.95. The van der Waals surface area contributed by atoms with Crippen molar-refractivity contribution in [2.75, 3.05) is 26.7 Å². The number of aliphatic hydroxyl groups excluding tert-OH is 1. The van der Waals surface area contributed by atoms with E-state index in [2.05, 4.69) is 136 Å². The van der Waals surface area contributed by atoms with Crippen molar-refractivity contribution >= 4 is 22.2 Å². The lowest BCUT2D eigenvalue weighted by Gasteiger charge is -2.34. The number of aliphatic imine (C=N–C) groups is 1. The molecule has 8 rings (SSSR count). The summed E-state index contributed by atoms with van der Waals surface area (Å²) in [6.45, 7) is 21.1. The molecule has 2 saturated heterocycles. The van der Waals surface area contributed by atoms with Gasteiger partial charge in [-0.05, 0) is 116 Å². The highest BCUT2D eigenvalue weighted by atomic mass is 16.5. The minimum Gasteiger partial charge on any atom is -0.497 e. The maximum absolute atomic E-state index is 11.3. The number of hydrogen-bond acceptors (Lipinski definition) is 8. The number of H-pyrrole nitrogens is 1. The molecule has 0 aliphatic carbocycles. The fraction of sp³-hybridized carbons (Fsp3) is 0.500. The van der Waals surface area contributed by atoms with E-state index >= 15 is 0 Å². The number of nitrogens with two attached hydrogens (primary N) is 1. The largest absolute Gasteiger partial charge is 0.497 e. The number of aliphatic hydroxyl groups is 1. The number of fused-ring (bicyclic) bond motifs is 5. The molecule has 62 heavy (non-hydrogen) atoms. The van der Waals surface area contributed by atoms with E-state index in [4.69, 9.17) is 25.2 Å². The van der Waals surface area contributed by atoms with Gasteiger partial charge in [-0.25, -0.2) is 4.98 Å². The van der Waals surface area contributed by atoms with Crippen LogP contribution in [0.5, 0.6) is 11.5 Å². The van der Waals surface area contributed by atoms with E-state index in [1.54, 1.807) is 7.11 Å². The van der Waals surface area contributed by atoms with Crippen molar-refractivity contribution < 1.29 is 14.6 Å². The molecule has 0 amide bonds. The Morgan fingerprint density at radius 2 is 1.81 bits per heavy atom. The fourth-order valence-corrected chi connectivity index (χ4v) is 9.81. The van der Waals surface area contributed by atoms with Crippen LogP contribution in [0.25, 0.3) is 39.0 Å². The summed E-state index contributed by atoms with van der Waals surface area (Å²) in [6.07, 6.45) is 8.12. The van der Waals surface area contributed by atoms with Crippen LogP contribution in [-0.4, -0.2) is 80.2 Å². The Hall–Kier alpha value is -4.74. The maximum Gasteiger partial charge on any atom is 0.203 e. The van der Waals surface area contributed by atoms with Crippen molar-refractivity contribution in [2.24, 2.45) is 34.4 Å². The predicted octanol–water partition coefficient (Wildman–Crippen LogP) is 10.7. The molecule has 3 aromatic carbocycles. The third-order valence-electron chi connectivity index (χ3n) is 14.3. The van der Waals surface area contributed by atoms with Crippen LogP contribution in [-0.2, 0) is 0 Å². The van der Waals surface area contributed by atoms with Gasteiger partial charge in [0.25, 0.3) is 0 Å². The summed E-state index contributed by atoms with van der Waals surface area (Å²) in [5.74, 6) is 4.28. The molecule has 0 saturated carbocycles. The van der Waals surface area contributed by atoms with E-state index in [1.807, 2.05) is 18.3 Å². The quantitative estimate of drug-likeness (QED) is 0.0899. The van der Waals surface area contributed by atoms with Crippen LogP contribution in [0.4, 0.5) is 0 Å². The van der Waals surface area contributed by atoms with Crippen molar-refractivity contribution in [3.8, 4) is 34.0 Å². The molecule has 3 aliphatic heterocycles. The number of methoxy groups -OCH3 is 1. The Bertz CT molecular complexity index is 2410. The second-order valence-corrected chi connectivity index (χ2v) is 19.0. The Morgan fingerprint density at radius 1 is 1.00 bits per heavy atom. The van der Waals surface area contributed by atoms with Gasteiger partial charge in [0.1, 0.15) is 23.6 Å². The first-order valence-electron chi connectivity index (χ1n) is 23.2. The molecule has 2 fully saturated rings. The molecule has 2 unspecified atom stereocenters. The Balaban J connectivity index is 1.13. The third-order valence-corrected chi connectivity index (χ3v) is 14.3. The molecule has 4 N–H and O–H groups in total. The molecule has 10 heteroatoms. The molecule has 5 heterocycles. The van der Waals surface area contributed by atoms with E-state index in [0.29, 0.717) is 23.8 Å². The number of aromatic nitrogens is 3. The molecule has 3 aliphatic rings. The summed E-state index contributed by atoms with van der Waals surface area (Å²) >= 11 is 0. The van der Waals surface area contributed by atoms with Crippen LogP contribution < -0.4 is 15.2 Å². The number of nitrogens with zero attached hydrogens (tertiary/aromatic N) is 5. The zero-order valence-electron chi connectivity index (χ0n) is 38.4. The topological polar surface area (TPSA) is 117 Å². The number of hydrogen-bond donors (Lipinski definition) is 3. The predicted molar refractivity (Wildman–Crippen MR) is 253 cm³/mol. The monoisotopic (exact) mass is 840 g/mol. The van der Waals surface area contributed by atoms with Crippen LogP contribution >= 0.6 is 0 Å². The maximum atomic E-state index is 11.3. The van der Waals surface area contributed by atoms with E-state index in [-0.39, 0.29) is 18.0 Å². The third kappa shape index (κ3) is 8.64. The van der Waals surface area contributed by atoms with Gasteiger partial charge >= 0.3 is 0 Å². The molecule has 10 nitrogen and oxygen atoms in total. The van der Waals surface area contributed by atoms with Gasteiger partial charge in [0.2, 0.25) is 6.23 Å². The summed E-state index contributed by atoms with van der Waals surface area (Å²) in [6, 6.07) is 23.8. The van der Waals surface area contributed by atoms with E-state index in [0.717, 1.165) is 95.2 Å². The highest BCUT2D eigenvalue weighted by Gasteiger charge is 2.37. The smallest absolute Gasteiger partial charge is 0.203 e. The van der Waals surface area contributed by atoms with Crippen LogP contribution in [0.15, 0.2) is 84.1 Å². The summed E-state index contributed by atoms with van der Waals surface area (Å²) in [5.41, 5.74) is 16.3. The molecule has 2 aromatic heterocycles. The minimum atomic E-state index is -0.721. The van der Waals surface area contributed by atoms with E-state index in [9.17, 15) is 5.11 Å². The lowest BCUT2D eigenvalue weighted by molar-refractivity contribution is -0.0371. The molecular formula is C52H69N7O3. The van der Waals surface area contributed by atoms with Crippen LogP contribution in [0.1, 0.15) is 117 Å². The van der Waals surface area contributed by atoms with Crippen molar-refractivity contribution in [1.82, 2.24) is 24.3 Å². The van der Waals surface area contributed by atoms with Crippen molar-refractivity contribution in [2.45, 2.75) is 118 Å². The zero-order valence-corrected chi connectivity index (χ0v) is 38.4. The number of imidazole rings is 1. The molecule has 330 valence electrons. The SMILES string of the molecule is CC[C@@H](C)[C@H](N)C(O)N1CCC[C@H]1c1ncc(-c2ccc3c(c2)OC(c2cccc(OC)c2)n2c-3cc3cc(/C(=C/N=C(C)[C@@H]4CCCN4C[C@@H](C)C(C)C)C(C)C)ccc32)[nH]1. The highest BCUT2D eigenvalue weighted by molar-refractivity contribution is 5.93. The van der Waals surface area contributed by atoms with Gasteiger partial charge in [0.15, 0.2) is 0 Å². The molecule has 7 atom stereocenters. The second kappa shape index (κ2) is 18.5. The van der Waals surface area contributed by atoms with Gasteiger partial charge in [0.05, 0.1) is 36.3 Å². The van der Waals surface area contributed by atoms with Crippen LogP contribution in [0, 0.1) is 23.7 Å². The number of benzene rings is 3. The van der Waals surface area contributed by atoms with E-state index < -0.39 is 12.5 Å². The van der Waals surface area contributed by atoms with Crippen molar-refractivity contribution in [3.05, 3.63) is 96.1 Å². The van der Waals surface area contributed by atoms with Crippen molar-refractivity contribution in [3.63, 3.8) is 0 Å². The molecule has 0 radical (unpaired) electrons. The summed E-state index contributed by atoms with van der Waals surface area (Å²) < 4.78 is 15.1. The summed E-state index contributed by atoms with van der Waals surface area (Å²) in [4.78, 5) is 18.4. The Kier molecular flexibility index (Phi) is 13.1. The number of aromatic amines is 1. The first-order chi connectivity index (χ1) is 29.9. The minimum absolute atomic E-state index is 0.0243. The van der Waals surface area contributed by atoms with Gasteiger partial charge in [-0.3, -0.25) is 14.8 Å². The first kappa shape index (κ1) is 43.9. The number of rotatable bonds is 15. The summed E-state index contributed by atoms with van der Waals surface area (Å²) in [7, 11) is 1.70. The second-order valence-electron chi connectivity index (χ2n) is 19.0. The van der Waals surface area contributed by atoms with Crippen LogP contribution in [0.3, 0.4) is 0 Å². The standard InChI is InChI=1S/C52H69N7O3/c1-10-33(6)49(53)51(60)58-23-13-17-46(58)50-55-29-43(56-50)37-18-20-41-47-26-39-24-36(42(32(4)5)28-54-35(8)44-16-12-22-57(44)30-34(7)31(2)3)19-21-45(39)59(47)52(62-48(41)27-37)38-14-11-15-40(25-38)61-9/h11,14-15,18-21,24-29,31-34,44,46,49,51-52,60H,10,12-13,16-17,22-23,30,53H2,1-9H3,(H,55,56)/b42-28+,54-35?/t33-,34-,44+,46+,49+,51?,52?/m1/s1. The number of nitrogens with one attached hydrogen (secondary N) is 1. The molecular weight excluding hydrogens is 771 g/mol. The zero-order chi connectivity index (χ0) is 43.8. The van der Waals surface area contributed by atoms with Gasteiger partial charge in [-0.2, -0.15) is 0 Å². The van der Waals surface area contributed by atoms with Crippen LogP contribution in [0.2, 0.25) is 0 Å². The van der Waals surface area contributed by atoms with Gasteiger partial charge < -0.3 is 29.9 Å². The molecule has 0 bridgehead atoms. The van der Waals surface area contributed by atoms with Crippen molar-refractivity contribution in [1.29, 1.82) is 0 Å². The number of ether oxygens (including phenoxy) is 2. The Labute approximate surface area is 369 Å². The average molecular weight is 840 g/mol. The first-order valence-corrected chi connectivity index (χ1v) is 23.2. The van der Waals surface area contributed by atoms with Gasteiger partial charge in [-0.1, -0.05) is 79.2 Å². The highest BCUT2D eigenvalue weighted by Crippen LogP contribution is 2.46. The lowest BCUT2D eigenvalue weighted by Crippen LogP contribution is -2.50. The number of allylic oxidation sites excluding steroid dienone is 1. The molecule has 5 aromatic rings. The fourth-order valence-electron chi connectivity index (χ4n) is 9.81. The normalized spacial score (nSPS) is 21.9. The average Bonchev–Trinajstić information content (AvgIpc) is 4.11. The summed E-state index contributed by atoms with van der Waals surface area (Å²) in [5, 5.41) is 12.5. The van der Waals surface area contributed by atoms with Gasteiger partial charge in [-0.15, -0.1) is 0 Å². The van der Waals surface area contributed by atoms with Gasteiger partial charge in [0, 0.05) is 59.2 Å².